The Morgan fingerprint density at radius 1 is 1.14 bits per heavy atom. The van der Waals surface area contributed by atoms with E-state index in [0.29, 0.717) is 10.6 Å². The summed E-state index contributed by atoms with van der Waals surface area (Å²) in [4.78, 5) is 0. The SMILES string of the molecule is CCc1nnc(Sc2nnc(SC)s2)c(C(=N)N)c1CC. The van der Waals surface area contributed by atoms with E-state index >= 15 is 0 Å². The number of rotatable bonds is 6. The molecule has 0 aliphatic rings. The van der Waals surface area contributed by atoms with E-state index in [0.717, 1.165) is 32.8 Å². The van der Waals surface area contributed by atoms with Crippen LogP contribution in [0.5, 0.6) is 0 Å². The highest BCUT2D eigenvalue weighted by Gasteiger charge is 2.19. The lowest BCUT2D eigenvalue weighted by atomic mass is 10.0. The first-order valence-corrected chi connectivity index (χ1v) is 9.24. The Morgan fingerprint density at radius 3 is 2.38 bits per heavy atom. The topological polar surface area (TPSA) is 101 Å². The molecule has 2 rings (SSSR count). The fraction of sp³-hybridized carbons (Fsp3) is 0.417. The zero-order valence-electron chi connectivity index (χ0n) is 12.0. The second-order valence-electron chi connectivity index (χ2n) is 4.07. The first kappa shape index (κ1) is 16.2. The molecule has 0 aliphatic heterocycles. The van der Waals surface area contributed by atoms with Gasteiger partial charge in [-0.1, -0.05) is 36.9 Å². The van der Waals surface area contributed by atoms with Crippen molar-refractivity contribution in [2.24, 2.45) is 5.73 Å². The summed E-state index contributed by atoms with van der Waals surface area (Å²) in [7, 11) is 0. The average Bonchev–Trinajstić information content (AvgIpc) is 2.93. The standard InChI is InChI=1S/C12H16N6S3/c1-4-6-7(5-2)15-16-10(8(6)9(13)14)20-12-18-17-11(19-3)21-12/h4-5H2,1-3H3,(H3,13,14). The molecule has 0 amide bonds. The molecular weight excluding hydrogens is 324 g/mol. The van der Waals surface area contributed by atoms with Crippen LogP contribution in [0.4, 0.5) is 0 Å². The Bertz CT molecular complexity index is 654. The van der Waals surface area contributed by atoms with Gasteiger partial charge >= 0.3 is 0 Å². The van der Waals surface area contributed by atoms with Crippen LogP contribution >= 0.6 is 34.9 Å². The number of nitrogens with zero attached hydrogens (tertiary/aromatic N) is 4. The zero-order chi connectivity index (χ0) is 15.4. The first-order valence-electron chi connectivity index (χ1n) is 6.38. The Morgan fingerprint density at radius 2 is 1.86 bits per heavy atom. The van der Waals surface area contributed by atoms with E-state index in [4.69, 9.17) is 11.1 Å². The number of nitrogens with two attached hydrogens (primary N) is 1. The maximum Gasteiger partial charge on any atom is 0.181 e. The number of hydrogen-bond donors (Lipinski definition) is 2. The van der Waals surface area contributed by atoms with Gasteiger partial charge in [0.15, 0.2) is 8.68 Å². The molecule has 0 unspecified atom stereocenters. The lowest BCUT2D eigenvalue weighted by Gasteiger charge is -2.12. The summed E-state index contributed by atoms with van der Waals surface area (Å²) in [6.45, 7) is 4.06. The molecule has 0 saturated carbocycles. The Kier molecular flexibility index (Phi) is 5.54. The molecule has 0 bridgehead atoms. The Labute approximate surface area is 135 Å². The molecule has 9 heteroatoms. The molecule has 2 aromatic rings. The summed E-state index contributed by atoms with van der Waals surface area (Å²) < 4.78 is 1.68. The second kappa shape index (κ2) is 7.19. The maximum atomic E-state index is 7.86. The molecule has 0 radical (unpaired) electrons. The van der Waals surface area contributed by atoms with Crippen LogP contribution in [0.1, 0.15) is 30.7 Å². The molecule has 2 heterocycles. The van der Waals surface area contributed by atoms with Crippen LogP contribution in [0, 0.1) is 5.41 Å². The maximum absolute atomic E-state index is 7.86. The summed E-state index contributed by atoms with van der Waals surface area (Å²) >= 11 is 4.41. The van der Waals surface area contributed by atoms with Gasteiger partial charge in [0.2, 0.25) is 0 Å². The molecule has 0 atom stereocenters. The van der Waals surface area contributed by atoms with Gasteiger partial charge in [-0.05, 0) is 36.4 Å². The number of nitrogen functional groups attached to an aromatic ring is 1. The molecular formula is C12H16N6S3. The minimum Gasteiger partial charge on any atom is -0.384 e. The molecule has 3 N–H and O–H groups in total. The van der Waals surface area contributed by atoms with Crippen LogP contribution in [0.2, 0.25) is 0 Å². The summed E-state index contributed by atoms with van der Waals surface area (Å²) in [5.74, 6) is 0.0218. The van der Waals surface area contributed by atoms with Gasteiger partial charge in [0.25, 0.3) is 0 Å². The highest BCUT2D eigenvalue weighted by atomic mass is 32.2. The molecule has 0 saturated heterocycles. The fourth-order valence-electron chi connectivity index (χ4n) is 1.91. The predicted octanol–water partition coefficient (Wildman–Crippen LogP) is 2.61. The van der Waals surface area contributed by atoms with Crippen molar-refractivity contribution in [3.05, 3.63) is 16.8 Å². The van der Waals surface area contributed by atoms with Crippen molar-refractivity contribution in [3.63, 3.8) is 0 Å². The third-order valence-electron chi connectivity index (χ3n) is 2.83. The molecule has 0 aliphatic carbocycles. The summed E-state index contributed by atoms with van der Waals surface area (Å²) in [5.41, 5.74) is 8.34. The van der Waals surface area contributed by atoms with Crippen LogP contribution in [0.25, 0.3) is 0 Å². The quantitative estimate of drug-likeness (QED) is 0.473. The average molecular weight is 341 g/mol. The highest BCUT2D eigenvalue weighted by Crippen LogP contribution is 2.34. The number of hydrogen-bond acceptors (Lipinski definition) is 8. The molecule has 112 valence electrons. The van der Waals surface area contributed by atoms with E-state index in [2.05, 4.69) is 20.4 Å². The van der Waals surface area contributed by atoms with Crippen molar-refractivity contribution < 1.29 is 0 Å². The predicted molar refractivity (Wildman–Crippen MR) is 87.6 cm³/mol. The van der Waals surface area contributed by atoms with E-state index in [1.54, 1.807) is 11.8 Å². The lowest BCUT2D eigenvalue weighted by Crippen LogP contribution is -2.18. The van der Waals surface area contributed by atoms with Gasteiger partial charge in [-0.15, -0.1) is 15.3 Å². The van der Waals surface area contributed by atoms with Gasteiger partial charge in [-0.2, -0.15) is 5.10 Å². The molecule has 21 heavy (non-hydrogen) atoms. The minimum absolute atomic E-state index is 0.0218. The molecule has 0 aromatic carbocycles. The minimum atomic E-state index is 0.0218. The number of aromatic nitrogens is 4. The van der Waals surface area contributed by atoms with Gasteiger partial charge in [-0.3, -0.25) is 5.41 Å². The molecule has 2 aromatic heterocycles. The van der Waals surface area contributed by atoms with E-state index in [9.17, 15) is 0 Å². The van der Waals surface area contributed by atoms with Crippen LogP contribution in [0.3, 0.4) is 0 Å². The summed E-state index contributed by atoms with van der Waals surface area (Å²) in [5, 5.41) is 25.2. The van der Waals surface area contributed by atoms with E-state index in [-0.39, 0.29) is 5.84 Å². The van der Waals surface area contributed by atoms with E-state index in [1.807, 2.05) is 20.1 Å². The van der Waals surface area contributed by atoms with Crippen molar-refractivity contribution in [1.82, 2.24) is 20.4 Å². The van der Waals surface area contributed by atoms with Crippen molar-refractivity contribution >= 4 is 40.7 Å². The van der Waals surface area contributed by atoms with Crippen LogP contribution < -0.4 is 5.73 Å². The van der Waals surface area contributed by atoms with Crippen LogP contribution in [-0.2, 0) is 12.8 Å². The van der Waals surface area contributed by atoms with Gasteiger partial charge in [0.05, 0.1) is 11.3 Å². The molecule has 0 fully saturated rings. The van der Waals surface area contributed by atoms with Crippen molar-refractivity contribution in [3.8, 4) is 0 Å². The van der Waals surface area contributed by atoms with Crippen LogP contribution in [-0.4, -0.2) is 32.5 Å². The van der Waals surface area contributed by atoms with Gasteiger partial charge in [-0.25, -0.2) is 0 Å². The van der Waals surface area contributed by atoms with Gasteiger partial charge in [0.1, 0.15) is 10.9 Å². The number of amidine groups is 1. The van der Waals surface area contributed by atoms with Gasteiger partial charge in [0, 0.05) is 0 Å². The summed E-state index contributed by atoms with van der Waals surface area (Å²) in [6, 6.07) is 0. The smallest absolute Gasteiger partial charge is 0.181 e. The largest absolute Gasteiger partial charge is 0.384 e. The zero-order valence-corrected chi connectivity index (χ0v) is 14.5. The number of aryl methyl sites for hydroxylation is 1. The Hall–Kier alpha value is -1.19. The van der Waals surface area contributed by atoms with Crippen molar-refractivity contribution in [2.45, 2.75) is 40.4 Å². The molecule has 6 nitrogen and oxygen atoms in total. The second-order valence-corrected chi connectivity index (χ2v) is 7.33. The number of thioether (sulfide) groups is 1. The fourth-order valence-corrected chi connectivity index (χ4v) is 4.37. The summed E-state index contributed by atoms with van der Waals surface area (Å²) in [6.07, 6.45) is 3.51. The van der Waals surface area contributed by atoms with E-state index < -0.39 is 0 Å². The monoisotopic (exact) mass is 340 g/mol. The van der Waals surface area contributed by atoms with Gasteiger partial charge < -0.3 is 5.73 Å². The van der Waals surface area contributed by atoms with Crippen molar-refractivity contribution in [2.75, 3.05) is 6.26 Å². The highest BCUT2D eigenvalue weighted by molar-refractivity contribution is 8.03. The Balaban J connectivity index is 2.45. The van der Waals surface area contributed by atoms with E-state index in [1.165, 1.54) is 23.1 Å². The normalized spacial score (nSPS) is 10.8. The van der Waals surface area contributed by atoms with Crippen LogP contribution in [0.15, 0.2) is 13.7 Å². The first-order chi connectivity index (χ1) is 10.1. The van der Waals surface area contributed by atoms with Crippen molar-refractivity contribution in [1.29, 1.82) is 5.41 Å². The molecule has 0 spiro atoms. The third-order valence-corrected chi connectivity index (χ3v) is 5.76. The lowest BCUT2D eigenvalue weighted by molar-refractivity contribution is 0.818. The number of nitrogens with one attached hydrogen (secondary N) is 1. The third kappa shape index (κ3) is 3.53.